The van der Waals surface area contributed by atoms with E-state index in [0.29, 0.717) is 22.4 Å². The molecule has 0 fully saturated rings. The Kier molecular flexibility index (Phi) is 4.69. The van der Waals surface area contributed by atoms with Gasteiger partial charge in [0.25, 0.3) is 0 Å². The lowest BCUT2D eigenvalue weighted by atomic mass is 10.2. The molecule has 0 saturated heterocycles. The monoisotopic (exact) mass is 370 g/mol. The fourth-order valence-corrected chi connectivity index (χ4v) is 2.45. The summed E-state index contributed by atoms with van der Waals surface area (Å²) in [4.78, 5) is 16.9. The number of hydrogen-bond acceptors (Lipinski definition) is 4. The molecule has 110 valence electrons. The van der Waals surface area contributed by atoms with E-state index in [1.54, 1.807) is 6.07 Å². The smallest absolute Gasteiger partial charge is 0.335 e. The van der Waals surface area contributed by atoms with Gasteiger partial charge in [-0.05, 0) is 34.1 Å². The van der Waals surface area contributed by atoms with Crippen LogP contribution in [-0.2, 0) is 0 Å². The molecule has 1 aromatic heterocycles. The maximum Gasteiger partial charge on any atom is 0.335 e. The van der Waals surface area contributed by atoms with E-state index in [1.165, 1.54) is 24.4 Å². The Morgan fingerprint density at radius 2 is 2.14 bits per heavy atom. The Morgan fingerprint density at radius 3 is 2.71 bits per heavy atom. The molecule has 7 heteroatoms. The number of carboxylic acids is 1. The van der Waals surface area contributed by atoms with Crippen molar-refractivity contribution < 1.29 is 14.3 Å². The van der Waals surface area contributed by atoms with E-state index in [-0.39, 0.29) is 5.56 Å². The number of halogens is 2. The highest BCUT2D eigenvalue weighted by atomic mass is 79.9. The van der Waals surface area contributed by atoms with Crippen molar-refractivity contribution in [3.63, 3.8) is 0 Å². The summed E-state index contributed by atoms with van der Waals surface area (Å²) in [5.74, 6) is 0.169. The number of carbonyl (C=O) groups is 1. The average Bonchev–Trinajstić information content (AvgIpc) is 2.79. The zero-order valence-corrected chi connectivity index (χ0v) is 13.6. The van der Waals surface area contributed by atoms with E-state index in [0.717, 1.165) is 4.47 Å². The van der Waals surface area contributed by atoms with E-state index in [1.807, 2.05) is 19.0 Å². The van der Waals surface area contributed by atoms with Crippen molar-refractivity contribution in [1.29, 1.82) is 0 Å². The van der Waals surface area contributed by atoms with Gasteiger partial charge < -0.3 is 14.4 Å². The summed E-state index contributed by atoms with van der Waals surface area (Å²) in [5.41, 5.74) is 0.497. The Labute approximate surface area is 135 Å². The summed E-state index contributed by atoms with van der Waals surface area (Å²) < 4.78 is 6.39. The first kappa shape index (κ1) is 15.6. The van der Waals surface area contributed by atoms with Gasteiger partial charge in [0.05, 0.1) is 27.0 Å². The van der Waals surface area contributed by atoms with Crippen LogP contribution in [0.1, 0.15) is 16.1 Å². The number of aromatic carboxylic acids is 1. The van der Waals surface area contributed by atoms with Crippen LogP contribution in [0.4, 0.5) is 11.6 Å². The van der Waals surface area contributed by atoms with Crippen molar-refractivity contribution in [1.82, 2.24) is 0 Å². The number of carboxylic acid groups (broad SMARTS) is 1. The molecule has 1 N–H and O–H groups in total. The van der Waals surface area contributed by atoms with E-state index in [4.69, 9.17) is 21.1 Å². The van der Waals surface area contributed by atoms with Crippen molar-refractivity contribution in [2.45, 2.75) is 0 Å². The normalized spacial score (nSPS) is 11.0. The molecule has 5 nitrogen and oxygen atoms in total. The molecule has 0 aliphatic carbocycles. The lowest BCUT2D eigenvalue weighted by Crippen LogP contribution is -2.07. The molecule has 0 amide bonds. The molecule has 0 aliphatic heterocycles. The predicted molar refractivity (Wildman–Crippen MR) is 86.4 cm³/mol. The topological polar surface area (TPSA) is 66.0 Å². The van der Waals surface area contributed by atoms with Crippen LogP contribution in [0.15, 0.2) is 38.1 Å². The quantitative estimate of drug-likeness (QED) is 0.818. The van der Waals surface area contributed by atoms with Crippen LogP contribution in [-0.4, -0.2) is 31.4 Å². The highest BCUT2D eigenvalue weighted by Gasteiger charge is 2.10. The third-order valence-electron chi connectivity index (χ3n) is 2.62. The second-order valence-corrected chi connectivity index (χ2v) is 5.69. The lowest BCUT2D eigenvalue weighted by Gasteiger charge is -2.07. The molecule has 1 aromatic carbocycles. The van der Waals surface area contributed by atoms with Gasteiger partial charge in [0.1, 0.15) is 5.76 Å². The fraction of sp³-hybridized carbons (Fsp3) is 0.143. The van der Waals surface area contributed by atoms with Crippen molar-refractivity contribution >= 4 is 51.3 Å². The number of anilines is 1. The molecule has 0 aliphatic rings. The van der Waals surface area contributed by atoms with E-state index >= 15 is 0 Å². The Hall–Kier alpha value is -1.79. The first-order valence-electron chi connectivity index (χ1n) is 5.92. The van der Waals surface area contributed by atoms with Crippen molar-refractivity contribution in [3.05, 3.63) is 45.1 Å². The van der Waals surface area contributed by atoms with Crippen LogP contribution < -0.4 is 4.90 Å². The lowest BCUT2D eigenvalue weighted by molar-refractivity contribution is 0.0697. The molecule has 0 spiro atoms. The third-order valence-corrected chi connectivity index (χ3v) is 3.51. The van der Waals surface area contributed by atoms with Crippen molar-refractivity contribution in [2.75, 3.05) is 19.0 Å². The van der Waals surface area contributed by atoms with Gasteiger partial charge in [-0.1, -0.05) is 11.6 Å². The highest BCUT2D eigenvalue weighted by Crippen LogP contribution is 2.29. The molecular weight excluding hydrogens is 360 g/mol. The third kappa shape index (κ3) is 3.65. The predicted octanol–water partition coefficient (Wildman–Crippen LogP) is 4.21. The van der Waals surface area contributed by atoms with Gasteiger partial charge in [-0.2, -0.15) is 0 Å². The second kappa shape index (κ2) is 6.32. The number of furan rings is 1. The van der Waals surface area contributed by atoms with Gasteiger partial charge in [-0.15, -0.1) is 0 Å². The first-order chi connectivity index (χ1) is 9.88. The molecule has 0 atom stereocenters. The zero-order chi connectivity index (χ0) is 15.6. The van der Waals surface area contributed by atoms with Crippen LogP contribution in [0.2, 0.25) is 5.02 Å². The molecule has 2 rings (SSSR count). The first-order valence-corrected chi connectivity index (χ1v) is 7.09. The molecule has 0 saturated carbocycles. The van der Waals surface area contributed by atoms with Crippen molar-refractivity contribution in [2.24, 2.45) is 4.99 Å². The average molecular weight is 372 g/mol. The molecule has 2 aromatic rings. The summed E-state index contributed by atoms with van der Waals surface area (Å²) in [5, 5.41) is 9.33. The minimum atomic E-state index is -1.03. The number of benzene rings is 1. The summed E-state index contributed by atoms with van der Waals surface area (Å²) >= 11 is 9.39. The Bertz CT molecular complexity index is 710. The van der Waals surface area contributed by atoms with E-state index in [9.17, 15) is 4.79 Å². The van der Waals surface area contributed by atoms with Crippen LogP contribution in [0, 0.1) is 0 Å². The summed E-state index contributed by atoms with van der Waals surface area (Å²) in [7, 11) is 3.72. The number of aliphatic imine (C=N–C) groups is 1. The van der Waals surface area contributed by atoms with Crippen LogP contribution >= 0.6 is 27.5 Å². The van der Waals surface area contributed by atoms with Gasteiger partial charge >= 0.3 is 5.97 Å². The fourth-order valence-electron chi connectivity index (χ4n) is 1.62. The Balaban J connectivity index is 2.31. The van der Waals surface area contributed by atoms with E-state index < -0.39 is 5.97 Å². The van der Waals surface area contributed by atoms with Crippen LogP contribution in [0.5, 0.6) is 0 Å². The highest BCUT2D eigenvalue weighted by molar-refractivity contribution is 9.10. The zero-order valence-electron chi connectivity index (χ0n) is 11.3. The van der Waals surface area contributed by atoms with Gasteiger partial charge in [-0.25, -0.2) is 4.79 Å². The van der Waals surface area contributed by atoms with Gasteiger partial charge in [0.15, 0.2) is 0 Å². The SMILES string of the molecule is CN(C)c1oc(C=Nc2cc(C(=O)O)ccc2Cl)cc1Br. The standard InChI is InChI=1S/C14H12BrClN2O3/c1-18(2)13-10(15)6-9(21-13)7-17-12-5-8(14(19)20)3-4-11(12)16/h3-7H,1-2H3,(H,19,20). The van der Waals surface area contributed by atoms with Gasteiger partial charge in [0, 0.05) is 20.2 Å². The minimum absolute atomic E-state index is 0.126. The molecule has 0 radical (unpaired) electrons. The molecule has 0 bridgehead atoms. The number of nitrogens with zero attached hydrogens (tertiary/aromatic N) is 2. The summed E-state index contributed by atoms with van der Waals surface area (Å²) in [6.07, 6.45) is 1.49. The summed E-state index contributed by atoms with van der Waals surface area (Å²) in [6, 6.07) is 6.11. The number of hydrogen-bond donors (Lipinski definition) is 1. The van der Waals surface area contributed by atoms with E-state index in [2.05, 4.69) is 20.9 Å². The Morgan fingerprint density at radius 1 is 1.43 bits per heavy atom. The molecule has 21 heavy (non-hydrogen) atoms. The maximum atomic E-state index is 10.9. The van der Waals surface area contributed by atoms with Crippen LogP contribution in [0.25, 0.3) is 0 Å². The maximum absolute atomic E-state index is 10.9. The molecule has 0 unspecified atom stereocenters. The van der Waals surface area contributed by atoms with Crippen LogP contribution in [0.3, 0.4) is 0 Å². The number of rotatable bonds is 4. The van der Waals surface area contributed by atoms with Gasteiger partial charge in [-0.3, -0.25) is 4.99 Å². The van der Waals surface area contributed by atoms with Gasteiger partial charge in [0.2, 0.25) is 5.88 Å². The molecule has 1 heterocycles. The van der Waals surface area contributed by atoms with Crippen molar-refractivity contribution in [3.8, 4) is 0 Å². The molecular formula is C14H12BrClN2O3. The second-order valence-electron chi connectivity index (χ2n) is 4.43. The largest absolute Gasteiger partial charge is 0.478 e. The summed E-state index contributed by atoms with van der Waals surface area (Å²) in [6.45, 7) is 0. The minimum Gasteiger partial charge on any atom is -0.478 e.